The summed E-state index contributed by atoms with van der Waals surface area (Å²) >= 11 is 5.97. The van der Waals surface area contributed by atoms with Crippen molar-refractivity contribution < 1.29 is 9.53 Å². The van der Waals surface area contributed by atoms with Crippen LogP contribution in [-0.2, 0) is 4.79 Å². The number of amides is 1. The lowest BCUT2D eigenvalue weighted by molar-refractivity contribution is -0.127. The second kappa shape index (κ2) is 8.54. The third kappa shape index (κ3) is 4.64. The lowest BCUT2D eigenvalue weighted by atomic mass is 9.98. The van der Waals surface area contributed by atoms with Gasteiger partial charge in [-0.2, -0.15) is 0 Å². The second-order valence-corrected chi connectivity index (χ2v) is 6.42. The summed E-state index contributed by atoms with van der Waals surface area (Å²) in [5.74, 6) is 0.374. The van der Waals surface area contributed by atoms with Gasteiger partial charge in [-0.15, -0.1) is 0 Å². The molecule has 0 aliphatic carbocycles. The zero-order valence-electron chi connectivity index (χ0n) is 14.4. The van der Waals surface area contributed by atoms with Crippen LogP contribution in [0.2, 0.25) is 5.02 Å². The molecule has 3 aromatic carbocycles. The van der Waals surface area contributed by atoms with Gasteiger partial charge in [0.1, 0.15) is 5.75 Å². The highest BCUT2D eigenvalue weighted by Gasteiger charge is 2.21. The summed E-state index contributed by atoms with van der Waals surface area (Å²) in [5, 5.41) is 3.66. The highest BCUT2D eigenvalue weighted by atomic mass is 35.5. The quantitative estimate of drug-likeness (QED) is 0.666. The average molecular weight is 366 g/mol. The van der Waals surface area contributed by atoms with Crippen LogP contribution in [0.4, 0.5) is 0 Å². The van der Waals surface area contributed by atoms with Gasteiger partial charge >= 0.3 is 0 Å². The molecule has 132 valence electrons. The molecule has 1 amide bonds. The Labute approximate surface area is 158 Å². The molecule has 0 fully saturated rings. The Bertz CT molecular complexity index is 813. The van der Waals surface area contributed by atoms with Crippen molar-refractivity contribution >= 4 is 17.5 Å². The van der Waals surface area contributed by atoms with Crippen LogP contribution >= 0.6 is 11.6 Å². The monoisotopic (exact) mass is 365 g/mol. The molecule has 4 heteroatoms. The third-order valence-corrected chi connectivity index (χ3v) is 4.27. The standard InChI is InChI=1S/C22H20ClNO2/c1-16(26-20-14-8-13-19(23)15-20)22(25)24-21(17-9-4-2-5-10-17)18-11-6-3-7-12-18/h2-16,21H,1H3,(H,24,25). The van der Waals surface area contributed by atoms with E-state index in [1.807, 2.05) is 60.7 Å². The first-order valence-electron chi connectivity index (χ1n) is 8.46. The Morgan fingerprint density at radius 3 is 2.00 bits per heavy atom. The van der Waals surface area contributed by atoms with Crippen LogP contribution in [-0.4, -0.2) is 12.0 Å². The van der Waals surface area contributed by atoms with Crippen molar-refractivity contribution in [1.82, 2.24) is 5.32 Å². The summed E-state index contributed by atoms with van der Waals surface area (Å²) in [4.78, 5) is 12.7. The van der Waals surface area contributed by atoms with Crippen molar-refractivity contribution in [3.63, 3.8) is 0 Å². The number of carbonyl (C=O) groups is 1. The highest BCUT2D eigenvalue weighted by molar-refractivity contribution is 6.30. The van der Waals surface area contributed by atoms with Crippen molar-refractivity contribution in [1.29, 1.82) is 0 Å². The Morgan fingerprint density at radius 2 is 1.46 bits per heavy atom. The van der Waals surface area contributed by atoms with E-state index < -0.39 is 6.10 Å². The highest BCUT2D eigenvalue weighted by Crippen LogP contribution is 2.23. The summed E-state index contributed by atoms with van der Waals surface area (Å²) < 4.78 is 5.73. The number of ether oxygens (including phenoxy) is 1. The fraction of sp³-hybridized carbons (Fsp3) is 0.136. The Morgan fingerprint density at radius 1 is 0.885 bits per heavy atom. The van der Waals surface area contributed by atoms with Gasteiger partial charge in [-0.25, -0.2) is 0 Å². The van der Waals surface area contributed by atoms with Crippen molar-refractivity contribution in [2.45, 2.75) is 19.1 Å². The maximum Gasteiger partial charge on any atom is 0.261 e. The molecule has 0 radical (unpaired) electrons. The average Bonchev–Trinajstić information content (AvgIpc) is 2.67. The van der Waals surface area contributed by atoms with E-state index in [2.05, 4.69) is 5.32 Å². The predicted molar refractivity (Wildman–Crippen MR) is 104 cm³/mol. The van der Waals surface area contributed by atoms with Crippen LogP contribution in [0.1, 0.15) is 24.1 Å². The number of rotatable bonds is 6. The summed E-state index contributed by atoms with van der Waals surface area (Å²) in [5.41, 5.74) is 2.03. The van der Waals surface area contributed by atoms with E-state index in [1.165, 1.54) is 0 Å². The molecular weight excluding hydrogens is 346 g/mol. The topological polar surface area (TPSA) is 38.3 Å². The van der Waals surface area contributed by atoms with Gasteiger partial charge in [-0.1, -0.05) is 78.3 Å². The molecule has 1 atom stereocenters. The molecule has 3 aromatic rings. The molecule has 1 unspecified atom stereocenters. The van der Waals surface area contributed by atoms with Crippen LogP contribution in [0.5, 0.6) is 5.75 Å². The van der Waals surface area contributed by atoms with Gasteiger partial charge in [0.2, 0.25) is 0 Å². The zero-order valence-corrected chi connectivity index (χ0v) is 15.2. The normalized spacial score (nSPS) is 11.8. The minimum Gasteiger partial charge on any atom is -0.481 e. The van der Waals surface area contributed by atoms with Gasteiger partial charge in [-0.3, -0.25) is 4.79 Å². The number of nitrogens with one attached hydrogen (secondary N) is 1. The van der Waals surface area contributed by atoms with E-state index in [-0.39, 0.29) is 11.9 Å². The van der Waals surface area contributed by atoms with Crippen LogP contribution in [0.3, 0.4) is 0 Å². The first kappa shape index (κ1) is 18.0. The van der Waals surface area contributed by atoms with E-state index >= 15 is 0 Å². The molecule has 0 saturated carbocycles. The maximum atomic E-state index is 12.7. The van der Waals surface area contributed by atoms with E-state index in [0.717, 1.165) is 11.1 Å². The SMILES string of the molecule is CC(Oc1cccc(Cl)c1)C(=O)NC(c1ccccc1)c1ccccc1. The van der Waals surface area contributed by atoms with Crippen molar-refractivity contribution in [3.8, 4) is 5.75 Å². The molecule has 0 aliphatic heterocycles. The number of carbonyl (C=O) groups excluding carboxylic acids is 1. The van der Waals surface area contributed by atoms with Crippen LogP contribution in [0.25, 0.3) is 0 Å². The molecule has 3 rings (SSSR count). The molecule has 0 aromatic heterocycles. The van der Waals surface area contributed by atoms with E-state index in [9.17, 15) is 4.79 Å². The smallest absolute Gasteiger partial charge is 0.261 e. The Balaban J connectivity index is 1.77. The second-order valence-electron chi connectivity index (χ2n) is 5.98. The lowest BCUT2D eigenvalue weighted by Gasteiger charge is -2.22. The predicted octanol–water partition coefficient (Wildman–Crippen LogP) is 5.01. The Hall–Kier alpha value is -2.78. The maximum absolute atomic E-state index is 12.7. The van der Waals surface area contributed by atoms with Crippen LogP contribution in [0.15, 0.2) is 84.9 Å². The molecule has 0 bridgehead atoms. The van der Waals surface area contributed by atoms with Crippen molar-refractivity contribution in [3.05, 3.63) is 101 Å². The molecule has 1 N–H and O–H groups in total. The Kier molecular flexibility index (Phi) is 5.92. The molecule has 0 aliphatic rings. The molecule has 0 heterocycles. The number of hydrogen-bond donors (Lipinski definition) is 1. The fourth-order valence-corrected chi connectivity index (χ4v) is 2.89. The molecule has 3 nitrogen and oxygen atoms in total. The lowest BCUT2D eigenvalue weighted by Crippen LogP contribution is -2.39. The zero-order chi connectivity index (χ0) is 18.4. The molecule has 0 spiro atoms. The van der Waals surface area contributed by atoms with Crippen molar-refractivity contribution in [2.24, 2.45) is 0 Å². The minimum absolute atomic E-state index is 0.192. The molecule has 26 heavy (non-hydrogen) atoms. The van der Waals surface area contributed by atoms with E-state index in [4.69, 9.17) is 16.3 Å². The van der Waals surface area contributed by atoms with Gasteiger partial charge in [0.25, 0.3) is 5.91 Å². The largest absolute Gasteiger partial charge is 0.481 e. The summed E-state index contributed by atoms with van der Waals surface area (Å²) in [6.45, 7) is 1.73. The van der Waals surface area contributed by atoms with E-state index in [0.29, 0.717) is 10.8 Å². The van der Waals surface area contributed by atoms with Gasteiger partial charge in [-0.05, 0) is 36.2 Å². The van der Waals surface area contributed by atoms with Gasteiger partial charge in [0.05, 0.1) is 6.04 Å². The third-order valence-electron chi connectivity index (χ3n) is 4.03. The number of benzene rings is 3. The first-order valence-corrected chi connectivity index (χ1v) is 8.84. The van der Waals surface area contributed by atoms with Crippen LogP contribution < -0.4 is 10.1 Å². The summed E-state index contributed by atoms with van der Waals surface area (Å²) in [6.07, 6.45) is -0.650. The van der Waals surface area contributed by atoms with Gasteiger partial charge in [0.15, 0.2) is 6.10 Å². The molecule has 0 saturated heterocycles. The summed E-state index contributed by atoms with van der Waals surface area (Å²) in [7, 11) is 0. The van der Waals surface area contributed by atoms with Gasteiger partial charge in [0, 0.05) is 5.02 Å². The van der Waals surface area contributed by atoms with Gasteiger partial charge < -0.3 is 10.1 Å². The molecular formula is C22H20ClNO2. The minimum atomic E-state index is -0.650. The van der Waals surface area contributed by atoms with Crippen molar-refractivity contribution in [2.75, 3.05) is 0 Å². The van der Waals surface area contributed by atoms with E-state index in [1.54, 1.807) is 31.2 Å². The number of hydrogen-bond acceptors (Lipinski definition) is 2. The first-order chi connectivity index (χ1) is 12.6. The number of halogens is 1. The van der Waals surface area contributed by atoms with Crippen LogP contribution in [0, 0.1) is 0 Å². The fourth-order valence-electron chi connectivity index (χ4n) is 2.71. The summed E-state index contributed by atoms with van der Waals surface area (Å²) in [6, 6.07) is 26.5.